The third-order valence-corrected chi connectivity index (χ3v) is 7.28. The third kappa shape index (κ3) is 4.84. The second kappa shape index (κ2) is 9.14. The monoisotopic (exact) mass is 459 g/mol. The van der Waals surface area contributed by atoms with Crippen LogP contribution in [-0.2, 0) is 4.79 Å². The Kier molecular flexibility index (Phi) is 5.92. The lowest BCUT2D eigenvalue weighted by Crippen LogP contribution is -2.26. The van der Waals surface area contributed by atoms with E-state index in [9.17, 15) is 9.59 Å². The highest BCUT2D eigenvalue weighted by Gasteiger charge is 2.23. The van der Waals surface area contributed by atoms with E-state index in [4.69, 9.17) is 4.98 Å². The van der Waals surface area contributed by atoms with Crippen LogP contribution in [0.3, 0.4) is 0 Å². The van der Waals surface area contributed by atoms with Gasteiger partial charge in [0.1, 0.15) is 10.7 Å². The van der Waals surface area contributed by atoms with Crippen molar-refractivity contribution < 1.29 is 9.59 Å². The molecule has 1 aromatic heterocycles. The van der Waals surface area contributed by atoms with E-state index in [0.717, 1.165) is 39.2 Å². The number of thiazole rings is 1. The van der Waals surface area contributed by atoms with Crippen molar-refractivity contribution >= 4 is 50.7 Å². The van der Waals surface area contributed by atoms with Crippen molar-refractivity contribution in [2.45, 2.75) is 23.2 Å². The molecule has 2 N–H and O–H groups in total. The predicted molar refractivity (Wildman–Crippen MR) is 131 cm³/mol. The summed E-state index contributed by atoms with van der Waals surface area (Å²) in [6.45, 7) is 0. The lowest BCUT2D eigenvalue weighted by atomic mass is 10.1. The number of fused-ring (bicyclic) bond motifs is 1. The molecule has 32 heavy (non-hydrogen) atoms. The van der Waals surface area contributed by atoms with Crippen molar-refractivity contribution in [1.82, 2.24) is 10.3 Å². The molecule has 1 fully saturated rings. The lowest BCUT2D eigenvalue weighted by Gasteiger charge is -2.06. The van der Waals surface area contributed by atoms with Crippen LogP contribution in [0.4, 0.5) is 5.00 Å². The topological polar surface area (TPSA) is 71.1 Å². The number of hydrogen-bond acceptors (Lipinski definition) is 5. The molecule has 0 unspecified atom stereocenters. The fourth-order valence-corrected chi connectivity index (χ4v) is 5.24. The number of hydrogen-bond donors (Lipinski definition) is 2. The molecule has 1 aliphatic rings. The number of amides is 2. The number of carbonyl (C=O) groups excluding carboxylic acids is 2. The SMILES string of the molecule is O=C(CSc1nc(-c2ccccc2)c(NC(=O)c2ccc3ccccc3c2)s1)NC1CC1. The average molecular weight is 460 g/mol. The number of anilines is 1. The summed E-state index contributed by atoms with van der Waals surface area (Å²) in [7, 11) is 0. The minimum atomic E-state index is -0.181. The van der Waals surface area contributed by atoms with Gasteiger partial charge in [-0.1, -0.05) is 83.8 Å². The molecule has 0 spiro atoms. The first-order valence-corrected chi connectivity index (χ1v) is 12.2. The van der Waals surface area contributed by atoms with E-state index in [0.29, 0.717) is 22.4 Å². The predicted octanol–water partition coefficient (Wildman–Crippen LogP) is 5.59. The number of thioether (sulfide) groups is 1. The van der Waals surface area contributed by atoms with Gasteiger partial charge in [-0.25, -0.2) is 4.98 Å². The second-order valence-corrected chi connectivity index (χ2v) is 9.89. The van der Waals surface area contributed by atoms with Crippen molar-refractivity contribution in [3.8, 4) is 11.3 Å². The zero-order chi connectivity index (χ0) is 21.9. The van der Waals surface area contributed by atoms with Crippen LogP contribution in [0.2, 0.25) is 0 Å². The fourth-order valence-electron chi connectivity index (χ4n) is 3.37. The molecular weight excluding hydrogens is 438 g/mol. The summed E-state index contributed by atoms with van der Waals surface area (Å²) in [5, 5.41) is 8.83. The average Bonchev–Trinajstić information content (AvgIpc) is 3.55. The molecule has 0 saturated heterocycles. The standard InChI is InChI=1S/C25H21N3O2S2/c29-21(26-20-12-13-20)15-31-25-27-22(17-7-2-1-3-8-17)24(32-25)28-23(30)19-11-10-16-6-4-5-9-18(16)14-19/h1-11,14,20H,12-13,15H2,(H,26,29)(H,28,30). The number of carbonyl (C=O) groups is 2. The Labute approximate surface area is 194 Å². The lowest BCUT2D eigenvalue weighted by molar-refractivity contribution is -0.118. The second-order valence-electron chi connectivity index (χ2n) is 7.67. The van der Waals surface area contributed by atoms with Crippen molar-refractivity contribution in [3.63, 3.8) is 0 Å². The Morgan fingerprint density at radius 1 is 0.969 bits per heavy atom. The van der Waals surface area contributed by atoms with Gasteiger partial charge in [0.25, 0.3) is 5.91 Å². The zero-order valence-corrected chi connectivity index (χ0v) is 18.8. The summed E-state index contributed by atoms with van der Waals surface area (Å²) in [6, 6.07) is 23.8. The number of nitrogens with one attached hydrogen (secondary N) is 2. The molecule has 2 amide bonds. The van der Waals surface area contributed by atoms with Gasteiger partial charge in [0, 0.05) is 17.2 Å². The highest BCUT2D eigenvalue weighted by molar-refractivity contribution is 8.01. The molecule has 4 aromatic rings. The maximum atomic E-state index is 13.0. The Morgan fingerprint density at radius 3 is 2.50 bits per heavy atom. The summed E-state index contributed by atoms with van der Waals surface area (Å²) in [5.41, 5.74) is 2.23. The van der Waals surface area contributed by atoms with Crippen molar-refractivity contribution in [2.75, 3.05) is 11.1 Å². The summed E-state index contributed by atoms with van der Waals surface area (Å²) in [6.07, 6.45) is 2.13. The van der Waals surface area contributed by atoms with E-state index in [1.165, 1.54) is 23.1 Å². The van der Waals surface area contributed by atoms with Crippen LogP contribution in [-0.4, -0.2) is 28.6 Å². The minimum absolute atomic E-state index is 0.0238. The number of aromatic nitrogens is 1. The van der Waals surface area contributed by atoms with Crippen molar-refractivity contribution in [2.24, 2.45) is 0 Å². The van der Waals surface area contributed by atoms with E-state index >= 15 is 0 Å². The number of rotatable bonds is 7. The first-order valence-electron chi connectivity index (χ1n) is 10.4. The van der Waals surface area contributed by atoms with Crippen LogP contribution in [0.5, 0.6) is 0 Å². The Morgan fingerprint density at radius 2 is 1.72 bits per heavy atom. The highest BCUT2D eigenvalue weighted by atomic mass is 32.2. The number of nitrogens with zero attached hydrogens (tertiary/aromatic N) is 1. The van der Waals surface area contributed by atoms with Gasteiger partial charge in [0.05, 0.1) is 5.75 Å². The summed E-state index contributed by atoms with van der Waals surface area (Å²) >= 11 is 2.79. The quantitative estimate of drug-likeness (QED) is 0.354. The molecule has 0 aliphatic heterocycles. The molecule has 0 bridgehead atoms. The largest absolute Gasteiger partial charge is 0.353 e. The van der Waals surface area contributed by atoms with Crippen LogP contribution < -0.4 is 10.6 Å². The smallest absolute Gasteiger partial charge is 0.256 e. The van der Waals surface area contributed by atoms with Crippen molar-refractivity contribution in [3.05, 3.63) is 78.4 Å². The molecular formula is C25H21N3O2S2. The van der Waals surface area contributed by atoms with Crippen LogP contribution in [0, 0.1) is 0 Å². The Balaban J connectivity index is 1.38. The van der Waals surface area contributed by atoms with Gasteiger partial charge in [-0.05, 0) is 35.7 Å². The molecule has 5 rings (SSSR count). The summed E-state index contributed by atoms with van der Waals surface area (Å²) in [5.74, 6) is 0.159. The van der Waals surface area contributed by atoms with E-state index in [-0.39, 0.29) is 11.8 Å². The van der Waals surface area contributed by atoms with Gasteiger partial charge in [0.15, 0.2) is 4.34 Å². The van der Waals surface area contributed by atoms with Gasteiger partial charge in [-0.15, -0.1) is 0 Å². The molecule has 3 aromatic carbocycles. The molecule has 0 radical (unpaired) electrons. The van der Waals surface area contributed by atoms with Gasteiger partial charge >= 0.3 is 0 Å². The van der Waals surface area contributed by atoms with Crippen LogP contribution >= 0.6 is 23.1 Å². The Hall–Kier alpha value is -3.16. The third-order valence-electron chi connectivity index (χ3n) is 5.16. The summed E-state index contributed by atoms with van der Waals surface area (Å²) < 4.78 is 0.753. The zero-order valence-electron chi connectivity index (χ0n) is 17.2. The molecule has 1 saturated carbocycles. The first-order chi connectivity index (χ1) is 15.7. The molecule has 160 valence electrons. The molecule has 0 atom stereocenters. The van der Waals surface area contributed by atoms with Crippen LogP contribution in [0.15, 0.2) is 77.1 Å². The maximum Gasteiger partial charge on any atom is 0.256 e. The molecule has 7 heteroatoms. The summed E-state index contributed by atoms with van der Waals surface area (Å²) in [4.78, 5) is 29.8. The van der Waals surface area contributed by atoms with Gasteiger partial charge in [0.2, 0.25) is 5.91 Å². The first kappa shape index (κ1) is 20.7. The van der Waals surface area contributed by atoms with Gasteiger partial charge in [-0.2, -0.15) is 0 Å². The number of benzene rings is 3. The molecule has 1 aliphatic carbocycles. The van der Waals surface area contributed by atoms with Crippen LogP contribution in [0.1, 0.15) is 23.2 Å². The van der Waals surface area contributed by atoms with Gasteiger partial charge in [-0.3, -0.25) is 9.59 Å². The Bertz CT molecular complexity index is 1280. The van der Waals surface area contributed by atoms with Crippen molar-refractivity contribution in [1.29, 1.82) is 0 Å². The van der Waals surface area contributed by atoms with E-state index in [1.807, 2.05) is 72.8 Å². The minimum Gasteiger partial charge on any atom is -0.353 e. The van der Waals surface area contributed by atoms with E-state index < -0.39 is 0 Å². The molecule has 5 nitrogen and oxygen atoms in total. The highest BCUT2D eigenvalue weighted by Crippen LogP contribution is 2.38. The molecule has 1 heterocycles. The normalized spacial score (nSPS) is 13.1. The van der Waals surface area contributed by atoms with E-state index in [1.54, 1.807) is 0 Å². The van der Waals surface area contributed by atoms with Gasteiger partial charge < -0.3 is 10.6 Å². The maximum absolute atomic E-state index is 13.0. The van der Waals surface area contributed by atoms with E-state index in [2.05, 4.69) is 10.6 Å². The fraction of sp³-hybridized carbons (Fsp3) is 0.160. The van der Waals surface area contributed by atoms with Crippen LogP contribution in [0.25, 0.3) is 22.0 Å².